The average Bonchev–Trinajstić information content (AvgIpc) is 3.80. The number of halogens is 2. The van der Waals surface area contributed by atoms with E-state index in [0.29, 0.717) is 13.2 Å². The first-order valence-electron chi connectivity index (χ1n) is 13.4. The zero-order chi connectivity index (χ0) is 27.4. The second-order valence-electron chi connectivity index (χ2n) is 10.2. The van der Waals surface area contributed by atoms with Crippen LogP contribution in [0.2, 0.25) is 5.02 Å². The lowest BCUT2D eigenvalue weighted by Crippen LogP contribution is -2.47. The summed E-state index contributed by atoms with van der Waals surface area (Å²) < 4.78 is 12.0. The summed E-state index contributed by atoms with van der Waals surface area (Å²) in [6.45, 7) is 1.97. The number of ether oxygens (including phenoxy) is 2. The third kappa shape index (κ3) is 6.57. The van der Waals surface area contributed by atoms with Gasteiger partial charge in [0.1, 0.15) is 6.79 Å². The molecule has 3 aromatic carbocycles. The van der Waals surface area contributed by atoms with E-state index in [2.05, 4.69) is 94.0 Å². The number of carbonyl (C=O) groups is 1. The van der Waals surface area contributed by atoms with Crippen molar-refractivity contribution < 1.29 is 14.3 Å². The van der Waals surface area contributed by atoms with Crippen LogP contribution in [0.1, 0.15) is 30.4 Å². The average molecular weight is 657 g/mol. The van der Waals surface area contributed by atoms with Crippen molar-refractivity contribution >= 4 is 45.7 Å². The van der Waals surface area contributed by atoms with Gasteiger partial charge in [-0.1, -0.05) is 72.3 Å². The van der Waals surface area contributed by atoms with Crippen molar-refractivity contribution in [1.29, 1.82) is 0 Å². The summed E-state index contributed by atoms with van der Waals surface area (Å²) in [5.74, 6) is 0.0888. The maximum Gasteiger partial charge on any atom is 0.252 e. The molecule has 204 valence electrons. The Labute approximate surface area is 249 Å². The van der Waals surface area contributed by atoms with Gasteiger partial charge >= 0.3 is 0 Å². The zero-order valence-corrected chi connectivity index (χ0v) is 25.3. The third-order valence-electron chi connectivity index (χ3n) is 7.55. The van der Waals surface area contributed by atoms with Gasteiger partial charge in [0, 0.05) is 35.4 Å². The number of hydrogen-bond donors (Lipinski definition) is 0. The molecule has 1 saturated carbocycles. The van der Waals surface area contributed by atoms with E-state index in [0.717, 1.165) is 67.8 Å². The number of benzene rings is 3. The fraction of sp³-hybridized carbons (Fsp3) is 0.344. The molecule has 5 rings (SSSR count). The second kappa shape index (κ2) is 13.0. The van der Waals surface area contributed by atoms with E-state index in [4.69, 9.17) is 21.1 Å². The second-order valence-corrected chi connectivity index (χ2v) is 11.7. The predicted molar refractivity (Wildman–Crippen MR) is 165 cm³/mol. The molecule has 1 atom stereocenters. The molecule has 1 amide bonds. The largest absolute Gasteiger partial charge is 0.359 e. The van der Waals surface area contributed by atoms with Gasteiger partial charge in [-0.3, -0.25) is 9.69 Å². The Bertz CT molecular complexity index is 1340. The number of methoxy groups -OCH3 is 1. The highest BCUT2D eigenvalue weighted by atomic mass is 127. The van der Waals surface area contributed by atoms with Gasteiger partial charge in [-0.2, -0.15) is 0 Å². The Balaban J connectivity index is 1.58. The third-order valence-corrected chi connectivity index (χ3v) is 9.46. The van der Waals surface area contributed by atoms with Crippen LogP contribution in [0, 0.1) is 3.57 Å². The van der Waals surface area contributed by atoms with Crippen LogP contribution in [0.5, 0.6) is 0 Å². The molecule has 5 nitrogen and oxygen atoms in total. The maximum absolute atomic E-state index is 14.6. The summed E-state index contributed by atoms with van der Waals surface area (Å²) in [7, 11) is 3.70. The molecule has 1 aliphatic carbocycles. The van der Waals surface area contributed by atoms with Crippen molar-refractivity contribution in [3.63, 3.8) is 0 Å². The summed E-state index contributed by atoms with van der Waals surface area (Å²) in [5.41, 5.74) is 6.41. The molecule has 7 heteroatoms. The van der Waals surface area contributed by atoms with E-state index in [-0.39, 0.29) is 24.8 Å². The molecule has 1 heterocycles. The molecular weight excluding hydrogens is 623 g/mol. The molecule has 0 unspecified atom stereocenters. The lowest BCUT2D eigenvalue weighted by molar-refractivity contribution is -0.129. The Hall–Kier alpha value is -2.23. The Kier molecular flexibility index (Phi) is 9.40. The number of amides is 1. The maximum atomic E-state index is 14.6. The van der Waals surface area contributed by atoms with Gasteiger partial charge in [-0.15, -0.1) is 0 Å². The number of rotatable bonds is 10. The van der Waals surface area contributed by atoms with E-state index in [1.807, 2.05) is 18.2 Å². The van der Waals surface area contributed by atoms with Crippen LogP contribution in [-0.4, -0.2) is 61.9 Å². The monoisotopic (exact) mass is 656 g/mol. The van der Waals surface area contributed by atoms with Crippen LogP contribution in [0.3, 0.4) is 0 Å². The summed E-state index contributed by atoms with van der Waals surface area (Å²) in [4.78, 5) is 18.9. The summed E-state index contributed by atoms with van der Waals surface area (Å²) in [5, 5.41) is 0.720. The quantitative estimate of drug-likeness (QED) is 0.136. The van der Waals surface area contributed by atoms with Gasteiger partial charge < -0.3 is 14.4 Å². The molecule has 39 heavy (non-hydrogen) atoms. The fourth-order valence-corrected chi connectivity index (χ4v) is 6.03. The zero-order valence-electron chi connectivity index (χ0n) is 22.4. The van der Waals surface area contributed by atoms with Crippen molar-refractivity contribution in [3.8, 4) is 11.1 Å². The van der Waals surface area contributed by atoms with Crippen LogP contribution in [0.4, 0.5) is 0 Å². The predicted octanol–water partition coefficient (Wildman–Crippen LogP) is 6.88. The van der Waals surface area contributed by atoms with Crippen LogP contribution >= 0.6 is 34.2 Å². The van der Waals surface area contributed by atoms with Gasteiger partial charge in [-0.05, 0) is 88.9 Å². The molecular formula is C32H34ClIN2O3. The van der Waals surface area contributed by atoms with Crippen molar-refractivity contribution in [2.24, 2.45) is 0 Å². The van der Waals surface area contributed by atoms with E-state index < -0.39 is 0 Å². The first-order chi connectivity index (χ1) is 19.0. The number of carbonyl (C=O) groups excluding carboxylic acids is 1. The Morgan fingerprint density at radius 3 is 2.49 bits per heavy atom. The van der Waals surface area contributed by atoms with Gasteiger partial charge in [0.15, 0.2) is 0 Å². The molecule has 2 aliphatic rings. The summed E-state index contributed by atoms with van der Waals surface area (Å²) >= 11 is 8.74. The minimum absolute atomic E-state index is 0.0888. The van der Waals surface area contributed by atoms with Crippen molar-refractivity contribution in [3.05, 3.63) is 98.1 Å². The van der Waals surface area contributed by atoms with Gasteiger partial charge in [0.2, 0.25) is 0 Å². The van der Waals surface area contributed by atoms with Gasteiger partial charge in [-0.25, -0.2) is 0 Å². The van der Waals surface area contributed by atoms with E-state index >= 15 is 0 Å². The number of likely N-dealkylation sites (N-methyl/N-ethyl adjacent to an activating group) is 1. The van der Waals surface area contributed by atoms with E-state index in [9.17, 15) is 4.79 Å². The van der Waals surface area contributed by atoms with E-state index in [1.165, 1.54) is 0 Å². The molecule has 3 aromatic rings. The van der Waals surface area contributed by atoms with Crippen LogP contribution in [0.25, 0.3) is 16.7 Å². The van der Waals surface area contributed by atoms with E-state index in [1.54, 1.807) is 7.11 Å². The molecule has 0 radical (unpaired) electrons. The van der Waals surface area contributed by atoms with Gasteiger partial charge in [0.25, 0.3) is 5.91 Å². The minimum atomic E-state index is -0.170. The molecule has 1 fully saturated rings. The molecule has 1 aliphatic heterocycles. The SMILES string of the molecule is COCOC[C@@H]1C(C(=O)N(Cc2cccc(Cl)c2I)C2CC2)=C(c2cccc(-c3ccccc3)c2)CCN1C. The molecule has 0 bridgehead atoms. The Morgan fingerprint density at radius 2 is 1.74 bits per heavy atom. The molecule has 0 spiro atoms. The smallest absolute Gasteiger partial charge is 0.252 e. The first kappa shape index (κ1) is 28.3. The van der Waals surface area contributed by atoms with Crippen molar-refractivity contribution in [2.45, 2.75) is 37.9 Å². The lowest BCUT2D eigenvalue weighted by atomic mass is 9.86. The van der Waals surface area contributed by atoms with Crippen LogP contribution in [-0.2, 0) is 20.8 Å². The standard InChI is InChI=1S/C32H34ClIN2O3/c1-35-17-16-27(24-11-6-10-23(18-24)22-8-4-3-5-9-22)30(29(35)20-39-21-38-2)32(37)36(26-14-15-26)19-25-12-7-13-28(33)31(25)34/h3-13,18,26,29H,14-17,19-21H2,1-2H3/t29-/m1/s1. The van der Waals surface area contributed by atoms with Crippen molar-refractivity contribution in [1.82, 2.24) is 9.80 Å². The topological polar surface area (TPSA) is 42.0 Å². The van der Waals surface area contributed by atoms with Crippen molar-refractivity contribution in [2.75, 3.05) is 34.1 Å². The summed E-state index contributed by atoms with van der Waals surface area (Å²) in [6, 6.07) is 25.0. The molecule has 0 aromatic heterocycles. The highest BCUT2D eigenvalue weighted by Crippen LogP contribution is 2.38. The first-order valence-corrected chi connectivity index (χ1v) is 14.8. The van der Waals surface area contributed by atoms with Crippen LogP contribution in [0.15, 0.2) is 78.4 Å². The number of nitrogens with zero attached hydrogens (tertiary/aromatic N) is 2. The lowest BCUT2D eigenvalue weighted by Gasteiger charge is -2.38. The molecule has 0 saturated heterocycles. The Morgan fingerprint density at radius 1 is 1.03 bits per heavy atom. The van der Waals surface area contributed by atoms with Gasteiger partial charge in [0.05, 0.1) is 17.7 Å². The normalized spacial score (nSPS) is 17.9. The molecule has 0 N–H and O–H groups in total. The summed E-state index contributed by atoms with van der Waals surface area (Å²) in [6.07, 6.45) is 2.84. The number of hydrogen-bond acceptors (Lipinski definition) is 4. The minimum Gasteiger partial charge on any atom is -0.359 e. The highest BCUT2D eigenvalue weighted by Gasteiger charge is 2.40. The fourth-order valence-electron chi connectivity index (χ4n) is 5.30. The van der Waals surface area contributed by atoms with Crippen LogP contribution < -0.4 is 0 Å². The highest BCUT2D eigenvalue weighted by molar-refractivity contribution is 14.1.